The Morgan fingerprint density at radius 1 is 0.600 bits per heavy atom. The molecule has 4 aliphatic rings. The molecule has 2 fully saturated rings. The molecule has 2 aromatic rings. The van der Waals surface area contributed by atoms with Crippen LogP contribution in [0.15, 0.2) is 24.3 Å². The molecule has 4 heterocycles. The summed E-state index contributed by atoms with van der Waals surface area (Å²) in [5.74, 6) is -1.62. The fraction of sp³-hybridized carbons (Fsp3) is 0.364. The van der Waals surface area contributed by atoms with Gasteiger partial charge in [-0.05, 0) is 37.1 Å². The van der Waals surface area contributed by atoms with E-state index >= 15 is 0 Å². The average Bonchev–Trinajstić information content (AvgIpc) is 3.45. The molecule has 6 rings (SSSR count). The standard InChI is InChI=1S/C22H18N2O6/c25-19-13-1-2-14-18-16(22(28)24(20(14)26)12-6-8-30-10-12)4-3-15(17(13)18)21(27)23(19)11-5-7-29-9-11/h1-4,11-12H,5-10H2. The van der Waals surface area contributed by atoms with Crippen LogP contribution in [0.5, 0.6) is 0 Å². The number of ether oxygens (including phenoxy) is 2. The summed E-state index contributed by atoms with van der Waals surface area (Å²) in [6.45, 7) is 1.65. The number of amides is 4. The summed E-state index contributed by atoms with van der Waals surface area (Å²) >= 11 is 0. The van der Waals surface area contributed by atoms with Crippen molar-refractivity contribution >= 4 is 34.4 Å². The predicted molar refractivity (Wildman–Crippen MR) is 103 cm³/mol. The van der Waals surface area contributed by atoms with E-state index in [1.54, 1.807) is 24.3 Å². The maximum absolute atomic E-state index is 13.2. The monoisotopic (exact) mass is 406 g/mol. The van der Waals surface area contributed by atoms with Crippen LogP contribution in [0, 0.1) is 0 Å². The second kappa shape index (κ2) is 6.20. The molecule has 0 aliphatic carbocycles. The summed E-state index contributed by atoms with van der Waals surface area (Å²) in [6, 6.07) is 5.78. The zero-order valence-corrected chi connectivity index (χ0v) is 16.1. The number of carbonyl (C=O) groups is 4. The Morgan fingerprint density at radius 2 is 0.933 bits per heavy atom. The average molecular weight is 406 g/mol. The molecule has 8 heteroatoms. The van der Waals surface area contributed by atoms with Gasteiger partial charge in [0.15, 0.2) is 0 Å². The predicted octanol–water partition coefficient (Wildman–Crippen LogP) is 1.61. The van der Waals surface area contributed by atoms with E-state index in [-0.39, 0.29) is 12.1 Å². The van der Waals surface area contributed by atoms with Gasteiger partial charge in [-0.1, -0.05) is 0 Å². The van der Waals surface area contributed by atoms with Crippen LogP contribution >= 0.6 is 0 Å². The van der Waals surface area contributed by atoms with Gasteiger partial charge >= 0.3 is 0 Å². The molecular weight excluding hydrogens is 388 g/mol. The summed E-state index contributed by atoms with van der Waals surface area (Å²) in [5, 5.41) is 0.804. The third-order valence-electron chi connectivity index (χ3n) is 6.50. The van der Waals surface area contributed by atoms with Gasteiger partial charge in [0.25, 0.3) is 23.6 Å². The molecule has 0 spiro atoms. The largest absolute Gasteiger partial charge is 0.379 e. The van der Waals surface area contributed by atoms with Crippen LogP contribution in [0.2, 0.25) is 0 Å². The van der Waals surface area contributed by atoms with Crippen molar-refractivity contribution in [3.05, 3.63) is 46.5 Å². The van der Waals surface area contributed by atoms with Crippen molar-refractivity contribution in [2.24, 2.45) is 0 Å². The number of hydrogen-bond acceptors (Lipinski definition) is 6. The topological polar surface area (TPSA) is 93.2 Å². The number of rotatable bonds is 2. The third-order valence-corrected chi connectivity index (χ3v) is 6.50. The first-order valence-corrected chi connectivity index (χ1v) is 10.1. The fourth-order valence-corrected chi connectivity index (χ4v) is 5.03. The van der Waals surface area contributed by atoms with Crippen molar-refractivity contribution in [1.82, 2.24) is 9.80 Å². The SMILES string of the molecule is O=C1c2ccc3c4c(ccc(c24)C(=O)N1C1CCOC1)C(=O)N(C1CCOC1)C3=O. The highest BCUT2D eigenvalue weighted by Crippen LogP contribution is 2.39. The lowest BCUT2D eigenvalue weighted by molar-refractivity contribution is 0.0500. The first-order chi connectivity index (χ1) is 14.6. The minimum atomic E-state index is -0.404. The van der Waals surface area contributed by atoms with E-state index in [1.807, 2.05) is 0 Å². The number of nitrogens with zero attached hydrogens (tertiary/aromatic N) is 2. The fourth-order valence-electron chi connectivity index (χ4n) is 5.03. The molecule has 4 aliphatic heterocycles. The Morgan fingerprint density at radius 3 is 1.20 bits per heavy atom. The van der Waals surface area contributed by atoms with Gasteiger partial charge in [0.1, 0.15) is 0 Å². The number of carbonyl (C=O) groups excluding carboxylic acids is 4. The second-order valence-electron chi connectivity index (χ2n) is 8.07. The summed E-state index contributed by atoms with van der Waals surface area (Å²) in [5.41, 5.74) is 1.37. The molecule has 0 aromatic heterocycles. The maximum Gasteiger partial charge on any atom is 0.261 e. The van der Waals surface area contributed by atoms with Gasteiger partial charge < -0.3 is 9.47 Å². The van der Waals surface area contributed by atoms with Crippen molar-refractivity contribution in [3.63, 3.8) is 0 Å². The van der Waals surface area contributed by atoms with Gasteiger partial charge in [-0.25, -0.2) is 0 Å². The van der Waals surface area contributed by atoms with Gasteiger partial charge in [-0.3, -0.25) is 29.0 Å². The van der Waals surface area contributed by atoms with Crippen molar-refractivity contribution in [1.29, 1.82) is 0 Å². The molecule has 2 aromatic carbocycles. The lowest BCUT2D eigenvalue weighted by Gasteiger charge is -2.35. The van der Waals surface area contributed by atoms with Crippen molar-refractivity contribution < 1.29 is 28.7 Å². The van der Waals surface area contributed by atoms with E-state index in [9.17, 15) is 19.2 Å². The molecule has 4 amide bonds. The van der Waals surface area contributed by atoms with Crippen molar-refractivity contribution in [2.45, 2.75) is 24.9 Å². The first kappa shape index (κ1) is 17.7. The van der Waals surface area contributed by atoms with Gasteiger partial charge in [0, 0.05) is 46.2 Å². The minimum absolute atomic E-state index is 0.304. The van der Waals surface area contributed by atoms with E-state index in [4.69, 9.17) is 9.47 Å². The van der Waals surface area contributed by atoms with Crippen LogP contribution in [-0.4, -0.2) is 71.9 Å². The summed E-state index contributed by atoms with van der Waals surface area (Å²) in [7, 11) is 0. The van der Waals surface area contributed by atoms with Gasteiger partial charge in [-0.2, -0.15) is 0 Å². The Bertz CT molecular complexity index is 999. The zero-order valence-electron chi connectivity index (χ0n) is 16.1. The minimum Gasteiger partial charge on any atom is -0.379 e. The van der Waals surface area contributed by atoms with Crippen LogP contribution < -0.4 is 0 Å². The molecule has 2 atom stereocenters. The molecular formula is C22H18N2O6. The van der Waals surface area contributed by atoms with Crippen LogP contribution in [0.4, 0.5) is 0 Å². The number of imide groups is 2. The lowest BCUT2D eigenvalue weighted by Crippen LogP contribution is -2.49. The Labute approximate surface area is 171 Å². The maximum atomic E-state index is 13.2. The van der Waals surface area contributed by atoms with Crippen LogP contribution in [-0.2, 0) is 9.47 Å². The summed E-state index contributed by atoms with van der Waals surface area (Å²) in [4.78, 5) is 55.4. The van der Waals surface area contributed by atoms with E-state index in [2.05, 4.69) is 0 Å². The van der Waals surface area contributed by atoms with E-state index < -0.39 is 23.6 Å². The molecule has 0 bridgehead atoms. The summed E-state index contributed by atoms with van der Waals surface area (Å²) < 4.78 is 10.7. The molecule has 152 valence electrons. The summed E-state index contributed by atoms with van der Waals surface area (Å²) in [6.07, 6.45) is 1.20. The van der Waals surface area contributed by atoms with Crippen molar-refractivity contribution in [3.8, 4) is 0 Å². The van der Waals surface area contributed by atoms with E-state index in [1.165, 1.54) is 9.80 Å². The smallest absolute Gasteiger partial charge is 0.261 e. The van der Waals surface area contributed by atoms with Gasteiger partial charge in [0.2, 0.25) is 0 Å². The second-order valence-corrected chi connectivity index (χ2v) is 8.07. The zero-order chi connectivity index (χ0) is 20.6. The van der Waals surface area contributed by atoms with Crippen LogP contribution in [0.3, 0.4) is 0 Å². The molecule has 2 unspecified atom stereocenters. The van der Waals surface area contributed by atoms with Crippen LogP contribution in [0.25, 0.3) is 10.8 Å². The highest BCUT2D eigenvalue weighted by molar-refractivity contribution is 6.33. The lowest BCUT2D eigenvalue weighted by atomic mass is 9.85. The number of benzene rings is 2. The Kier molecular flexibility index (Phi) is 3.66. The van der Waals surface area contributed by atoms with E-state index in [0.717, 1.165) is 0 Å². The highest BCUT2D eigenvalue weighted by atomic mass is 16.5. The van der Waals surface area contributed by atoms with Crippen LogP contribution in [0.1, 0.15) is 54.3 Å². The molecule has 0 N–H and O–H groups in total. The quantitative estimate of drug-likeness (QED) is 0.704. The van der Waals surface area contributed by atoms with E-state index in [0.29, 0.717) is 72.3 Å². The molecule has 8 nitrogen and oxygen atoms in total. The highest BCUT2D eigenvalue weighted by Gasteiger charge is 2.44. The molecule has 0 radical (unpaired) electrons. The Balaban J connectivity index is 1.55. The molecule has 30 heavy (non-hydrogen) atoms. The molecule has 0 saturated carbocycles. The number of hydrogen-bond donors (Lipinski definition) is 0. The normalized spacial score (nSPS) is 25.7. The van der Waals surface area contributed by atoms with Gasteiger partial charge in [-0.15, -0.1) is 0 Å². The third kappa shape index (κ3) is 2.17. The van der Waals surface area contributed by atoms with Crippen molar-refractivity contribution in [2.75, 3.05) is 26.4 Å². The Hall–Kier alpha value is -3.10. The van der Waals surface area contributed by atoms with Gasteiger partial charge in [0.05, 0.1) is 25.3 Å². The molecule has 2 saturated heterocycles. The first-order valence-electron chi connectivity index (χ1n) is 10.1.